The van der Waals surface area contributed by atoms with Crippen LogP contribution >= 0.6 is 0 Å². The lowest BCUT2D eigenvalue weighted by Gasteiger charge is -2.17. The van der Waals surface area contributed by atoms with Crippen molar-refractivity contribution in [2.24, 2.45) is 0 Å². The Morgan fingerprint density at radius 2 is 1.59 bits per heavy atom. The summed E-state index contributed by atoms with van der Waals surface area (Å²) in [6.45, 7) is 2.42. The van der Waals surface area contributed by atoms with Gasteiger partial charge >= 0.3 is 5.69 Å². The van der Waals surface area contributed by atoms with Gasteiger partial charge in [0.25, 0.3) is 11.5 Å². The normalized spacial score (nSPS) is 10.9. The Morgan fingerprint density at radius 1 is 0.919 bits per heavy atom. The van der Waals surface area contributed by atoms with Gasteiger partial charge in [0.15, 0.2) is 11.5 Å². The Morgan fingerprint density at radius 3 is 2.24 bits per heavy atom. The molecule has 0 fully saturated rings. The number of nitrogens with zero attached hydrogens (tertiary/aromatic N) is 2. The molecule has 0 aliphatic rings. The topological polar surface area (TPSA) is 91.6 Å². The molecule has 0 aliphatic carbocycles. The second kappa shape index (κ2) is 11.1. The van der Waals surface area contributed by atoms with Crippen molar-refractivity contribution in [3.63, 3.8) is 0 Å². The zero-order valence-corrected chi connectivity index (χ0v) is 20.9. The lowest BCUT2D eigenvalue weighted by atomic mass is 10.1. The fourth-order valence-electron chi connectivity index (χ4n) is 4.12. The van der Waals surface area contributed by atoms with E-state index in [2.05, 4.69) is 5.32 Å². The van der Waals surface area contributed by atoms with E-state index in [1.54, 1.807) is 48.5 Å². The summed E-state index contributed by atoms with van der Waals surface area (Å²) >= 11 is 0. The maximum Gasteiger partial charge on any atom is 0.332 e. The van der Waals surface area contributed by atoms with Crippen LogP contribution in [0.25, 0.3) is 10.9 Å². The van der Waals surface area contributed by atoms with Crippen molar-refractivity contribution >= 4 is 16.8 Å². The monoisotopic (exact) mass is 505 g/mol. The number of carbonyl (C=O) groups is 1. The highest BCUT2D eigenvalue weighted by Crippen LogP contribution is 2.30. The molecule has 0 atom stereocenters. The van der Waals surface area contributed by atoms with E-state index in [1.807, 2.05) is 6.92 Å². The van der Waals surface area contributed by atoms with E-state index in [4.69, 9.17) is 9.47 Å². The molecule has 1 amide bonds. The number of methoxy groups -OCH3 is 2. The number of rotatable bonds is 9. The van der Waals surface area contributed by atoms with Crippen molar-refractivity contribution < 1.29 is 18.7 Å². The maximum atomic E-state index is 14.5. The number of halogens is 1. The van der Waals surface area contributed by atoms with Crippen molar-refractivity contribution in [1.29, 1.82) is 0 Å². The van der Waals surface area contributed by atoms with Crippen LogP contribution in [-0.2, 0) is 13.1 Å². The molecule has 9 heteroatoms. The van der Waals surface area contributed by atoms with Gasteiger partial charge in [-0.1, -0.05) is 37.3 Å². The SMILES string of the molecule is CCCNC(=O)c1ccc(Cn2c(=O)c3cc(OC)c(OC)cc3n(Cc3ccccc3F)c2=O)cc1. The number of fused-ring (bicyclic) bond motifs is 1. The van der Waals surface area contributed by atoms with Crippen LogP contribution in [0.5, 0.6) is 11.5 Å². The molecule has 0 saturated carbocycles. The standard InChI is InChI=1S/C28H28FN3O5/c1-4-13-30-26(33)19-11-9-18(10-12-19)16-32-27(34)21-14-24(36-2)25(37-3)15-23(21)31(28(32)35)17-20-7-5-6-8-22(20)29/h5-12,14-15H,4,13,16-17H2,1-3H3,(H,30,33). The number of carbonyl (C=O) groups excluding carboxylic acids is 1. The van der Waals surface area contributed by atoms with Gasteiger partial charge in [0.05, 0.1) is 38.2 Å². The second-order valence-electron chi connectivity index (χ2n) is 8.53. The third kappa shape index (κ3) is 5.25. The molecule has 192 valence electrons. The molecule has 8 nitrogen and oxygen atoms in total. The summed E-state index contributed by atoms with van der Waals surface area (Å²) in [5.41, 5.74) is 0.622. The molecule has 0 radical (unpaired) electrons. The molecule has 0 unspecified atom stereocenters. The largest absolute Gasteiger partial charge is 0.493 e. The first-order valence-electron chi connectivity index (χ1n) is 11.9. The smallest absolute Gasteiger partial charge is 0.332 e. The Balaban J connectivity index is 1.84. The van der Waals surface area contributed by atoms with Crippen LogP contribution in [0.4, 0.5) is 4.39 Å². The molecule has 1 heterocycles. The molecule has 0 aliphatic heterocycles. The summed E-state index contributed by atoms with van der Waals surface area (Å²) in [5, 5.41) is 3.04. The Hall–Kier alpha value is -4.40. The molecule has 37 heavy (non-hydrogen) atoms. The molecule has 1 aromatic heterocycles. The lowest BCUT2D eigenvalue weighted by Crippen LogP contribution is -2.40. The minimum atomic E-state index is -0.599. The molecule has 4 aromatic rings. The average Bonchev–Trinajstić information content (AvgIpc) is 2.92. The number of aromatic nitrogens is 2. The van der Waals surface area contributed by atoms with Gasteiger partial charge in [-0.3, -0.25) is 18.7 Å². The minimum absolute atomic E-state index is 0.0317. The zero-order valence-electron chi connectivity index (χ0n) is 20.9. The Labute approximate surface area is 212 Å². The summed E-state index contributed by atoms with van der Waals surface area (Å²) in [4.78, 5) is 39.4. The van der Waals surface area contributed by atoms with E-state index in [1.165, 1.54) is 30.9 Å². The Kier molecular flexibility index (Phi) is 7.71. The highest BCUT2D eigenvalue weighted by Gasteiger charge is 2.18. The number of amides is 1. The first-order chi connectivity index (χ1) is 17.9. The fourth-order valence-corrected chi connectivity index (χ4v) is 4.12. The summed E-state index contributed by atoms with van der Waals surface area (Å²) in [6.07, 6.45) is 0.824. The van der Waals surface area contributed by atoms with Crippen molar-refractivity contribution in [1.82, 2.24) is 14.5 Å². The second-order valence-corrected chi connectivity index (χ2v) is 8.53. The maximum absolute atomic E-state index is 14.5. The third-order valence-electron chi connectivity index (χ3n) is 6.11. The number of nitrogens with one attached hydrogen (secondary N) is 1. The van der Waals surface area contributed by atoms with E-state index in [9.17, 15) is 18.8 Å². The van der Waals surface area contributed by atoms with E-state index < -0.39 is 17.1 Å². The molecule has 0 saturated heterocycles. The Bertz CT molecular complexity index is 1560. The fraction of sp³-hybridized carbons (Fsp3) is 0.250. The van der Waals surface area contributed by atoms with E-state index in [0.29, 0.717) is 40.3 Å². The van der Waals surface area contributed by atoms with Crippen LogP contribution in [-0.4, -0.2) is 35.8 Å². The molecular weight excluding hydrogens is 477 g/mol. The predicted octanol–water partition coefficient (Wildman–Crippen LogP) is 3.56. The quantitative estimate of drug-likeness (QED) is 0.376. The number of benzene rings is 3. The highest BCUT2D eigenvalue weighted by molar-refractivity contribution is 5.94. The van der Waals surface area contributed by atoms with Crippen molar-refractivity contribution in [3.8, 4) is 11.5 Å². The van der Waals surface area contributed by atoms with Gasteiger partial charge in [0, 0.05) is 23.7 Å². The molecular formula is C28H28FN3O5. The van der Waals surface area contributed by atoms with Crippen LogP contribution < -0.4 is 26.0 Å². The molecule has 1 N–H and O–H groups in total. The van der Waals surface area contributed by atoms with Crippen molar-refractivity contribution in [3.05, 3.63) is 104 Å². The van der Waals surface area contributed by atoms with Crippen LogP contribution in [0.2, 0.25) is 0 Å². The van der Waals surface area contributed by atoms with Crippen molar-refractivity contribution in [2.45, 2.75) is 26.4 Å². The number of hydrogen-bond acceptors (Lipinski definition) is 5. The first kappa shape index (κ1) is 25.7. The van der Waals surface area contributed by atoms with Gasteiger partial charge in [0.1, 0.15) is 5.82 Å². The van der Waals surface area contributed by atoms with Gasteiger partial charge in [-0.15, -0.1) is 0 Å². The minimum Gasteiger partial charge on any atom is -0.493 e. The lowest BCUT2D eigenvalue weighted by molar-refractivity contribution is 0.0953. The zero-order chi connectivity index (χ0) is 26.5. The molecule has 0 bridgehead atoms. The van der Waals surface area contributed by atoms with Gasteiger partial charge in [-0.25, -0.2) is 9.18 Å². The number of hydrogen-bond donors (Lipinski definition) is 1. The molecule has 0 spiro atoms. The van der Waals surface area contributed by atoms with Crippen LogP contribution in [0.3, 0.4) is 0 Å². The average molecular weight is 506 g/mol. The summed E-state index contributed by atoms with van der Waals surface area (Å²) in [7, 11) is 2.91. The third-order valence-corrected chi connectivity index (χ3v) is 6.11. The predicted molar refractivity (Wildman–Crippen MR) is 139 cm³/mol. The summed E-state index contributed by atoms with van der Waals surface area (Å²) in [5.74, 6) is 0.0187. The molecule has 3 aromatic carbocycles. The van der Waals surface area contributed by atoms with E-state index in [-0.39, 0.29) is 24.4 Å². The van der Waals surface area contributed by atoms with Gasteiger partial charge in [0.2, 0.25) is 0 Å². The number of ether oxygens (including phenoxy) is 2. The van der Waals surface area contributed by atoms with Gasteiger partial charge in [-0.2, -0.15) is 0 Å². The van der Waals surface area contributed by atoms with Crippen LogP contribution in [0.1, 0.15) is 34.8 Å². The van der Waals surface area contributed by atoms with Gasteiger partial charge < -0.3 is 14.8 Å². The summed E-state index contributed by atoms with van der Waals surface area (Å²) < 4.78 is 27.7. The highest BCUT2D eigenvalue weighted by atomic mass is 19.1. The van der Waals surface area contributed by atoms with E-state index >= 15 is 0 Å². The summed E-state index contributed by atoms with van der Waals surface area (Å²) in [6, 6.07) is 15.9. The van der Waals surface area contributed by atoms with Crippen molar-refractivity contribution in [2.75, 3.05) is 20.8 Å². The van der Waals surface area contributed by atoms with Crippen LogP contribution in [0, 0.1) is 5.82 Å². The van der Waals surface area contributed by atoms with E-state index in [0.717, 1.165) is 11.0 Å². The first-order valence-corrected chi connectivity index (χ1v) is 11.9. The van der Waals surface area contributed by atoms with Crippen LogP contribution in [0.15, 0.2) is 70.3 Å². The molecule has 4 rings (SSSR count). The van der Waals surface area contributed by atoms with Gasteiger partial charge in [-0.05, 0) is 36.2 Å².